The number of benzene rings is 1. The lowest BCUT2D eigenvalue weighted by molar-refractivity contribution is -0.387. The predicted molar refractivity (Wildman–Crippen MR) is 73.3 cm³/mol. The minimum atomic E-state index is -0.810. The third kappa shape index (κ3) is 3.36. The molecule has 0 saturated carbocycles. The van der Waals surface area contributed by atoms with Crippen molar-refractivity contribution in [2.45, 2.75) is 32.4 Å². The molecule has 1 heterocycles. The van der Waals surface area contributed by atoms with Crippen molar-refractivity contribution in [3.05, 3.63) is 39.7 Å². The van der Waals surface area contributed by atoms with Crippen LogP contribution in [-0.4, -0.2) is 33.5 Å². The molecular weight excluding hydrogens is 279 g/mol. The number of nitrogens with zero attached hydrogens (tertiary/aromatic N) is 2. The molecule has 0 spiro atoms. The Morgan fingerprint density at radius 1 is 1.57 bits per heavy atom. The van der Waals surface area contributed by atoms with Crippen molar-refractivity contribution < 1.29 is 19.2 Å². The van der Waals surface area contributed by atoms with Crippen molar-refractivity contribution in [2.24, 2.45) is 5.92 Å². The van der Waals surface area contributed by atoms with Crippen LogP contribution in [0.15, 0.2) is 18.2 Å². The van der Waals surface area contributed by atoms with E-state index >= 15 is 0 Å². The molecule has 6 nitrogen and oxygen atoms in total. The summed E-state index contributed by atoms with van der Waals surface area (Å²) in [6, 6.07) is 4.13. The summed E-state index contributed by atoms with van der Waals surface area (Å²) >= 11 is 0. The fourth-order valence-corrected chi connectivity index (χ4v) is 2.73. The number of carboxylic acids is 1. The van der Waals surface area contributed by atoms with E-state index in [1.807, 2.05) is 11.8 Å². The molecule has 1 saturated heterocycles. The minimum absolute atomic E-state index is 0.00138. The van der Waals surface area contributed by atoms with Crippen LogP contribution in [0.5, 0.6) is 0 Å². The van der Waals surface area contributed by atoms with Gasteiger partial charge in [0.25, 0.3) is 0 Å². The van der Waals surface area contributed by atoms with E-state index in [4.69, 9.17) is 5.11 Å². The van der Waals surface area contributed by atoms with Crippen molar-refractivity contribution >= 4 is 11.7 Å². The molecule has 0 radical (unpaired) electrons. The van der Waals surface area contributed by atoms with Crippen LogP contribution in [0.25, 0.3) is 0 Å². The first kappa shape index (κ1) is 15.4. The van der Waals surface area contributed by atoms with Gasteiger partial charge in [-0.05, 0) is 26.3 Å². The first-order chi connectivity index (χ1) is 9.90. The number of aliphatic carboxylic acids is 1. The molecule has 21 heavy (non-hydrogen) atoms. The Labute approximate surface area is 121 Å². The number of nitro benzene ring substituents is 1. The third-order valence-corrected chi connectivity index (χ3v) is 3.99. The Bertz CT molecular complexity index is 564. The number of hydrogen-bond donors (Lipinski definition) is 1. The minimum Gasteiger partial charge on any atom is -0.481 e. The summed E-state index contributed by atoms with van der Waals surface area (Å²) in [5, 5.41) is 19.8. The summed E-state index contributed by atoms with van der Waals surface area (Å²) in [7, 11) is 0. The molecule has 0 aromatic heterocycles. The van der Waals surface area contributed by atoms with Gasteiger partial charge in [0.1, 0.15) is 0 Å². The van der Waals surface area contributed by atoms with Gasteiger partial charge < -0.3 is 5.11 Å². The lowest BCUT2D eigenvalue weighted by Crippen LogP contribution is -2.42. The molecule has 2 rings (SSSR count). The third-order valence-electron chi connectivity index (χ3n) is 3.99. The van der Waals surface area contributed by atoms with E-state index in [-0.39, 0.29) is 24.1 Å². The SMILES string of the molecule is CC1CC(C(=O)O)CCN1Cc1cccc([N+](=O)[O-])c1F. The molecule has 1 aliphatic rings. The zero-order valence-electron chi connectivity index (χ0n) is 11.7. The summed E-state index contributed by atoms with van der Waals surface area (Å²) in [6.45, 7) is 2.69. The lowest BCUT2D eigenvalue weighted by atomic mass is 9.91. The van der Waals surface area contributed by atoms with Gasteiger partial charge in [0, 0.05) is 24.2 Å². The Kier molecular flexibility index (Phi) is 4.52. The van der Waals surface area contributed by atoms with Crippen LogP contribution in [0.1, 0.15) is 25.3 Å². The van der Waals surface area contributed by atoms with E-state index in [2.05, 4.69) is 0 Å². The highest BCUT2D eigenvalue weighted by atomic mass is 19.1. The van der Waals surface area contributed by atoms with Gasteiger partial charge in [-0.2, -0.15) is 4.39 Å². The van der Waals surface area contributed by atoms with Crippen LogP contribution in [0.2, 0.25) is 0 Å². The Morgan fingerprint density at radius 2 is 2.29 bits per heavy atom. The van der Waals surface area contributed by atoms with Crippen LogP contribution in [0.3, 0.4) is 0 Å². The average Bonchev–Trinajstić information content (AvgIpc) is 2.42. The van der Waals surface area contributed by atoms with Gasteiger partial charge >= 0.3 is 11.7 Å². The average molecular weight is 296 g/mol. The van der Waals surface area contributed by atoms with Gasteiger partial charge in [-0.1, -0.05) is 12.1 Å². The lowest BCUT2D eigenvalue weighted by Gasteiger charge is -2.36. The van der Waals surface area contributed by atoms with Crippen molar-refractivity contribution in [2.75, 3.05) is 6.54 Å². The number of likely N-dealkylation sites (tertiary alicyclic amines) is 1. The summed E-state index contributed by atoms with van der Waals surface area (Å²) in [6.07, 6.45) is 1.02. The number of piperidine rings is 1. The van der Waals surface area contributed by atoms with Gasteiger partial charge in [-0.25, -0.2) is 0 Å². The van der Waals surface area contributed by atoms with Crippen molar-refractivity contribution in [3.63, 3.8) is 0 Å². The molecular formula is C14H17FN2O4. The standard InChI is InChI=1S/C14H17FN2O4/c1-9-7-10(14(18)19)5-6-16(9)8-11-3-2-4-12(13(11)15)17(20)21/h2-4,9-10H,5-8H2,1H3,(H,18,19). The number of carboxylic acid groups (broad SMARTS) is 1. The fraction of sp³-hybridized carbons (Fsp3) is 0.500. The number of carbonyl (C=O) groups is 1. The molecule has 2 atom stereocenters. The van der Waals surface area contributed by atoms with Gasteiger partial charge in [-0.3, -0.25) is 19.8 Å². The second-order valence-electron chi connectivity index (χ2n) is 5.39. The molecule has 0 amide bonds. The monoisotopic (exact) mass is 296 g/mol. The normalized spacial score (nSPS) is 23.0. The summed E-state index contributed by atoms with van der Waals surface area (Å²) in [4.78, 5) is 22.9. The number of halogens is 1. The van der Waals surface area contributed by atoms with Gasteiger partial charge in [0.2, 0.25) is 5.82 Å². The largest absolute Gasteiger partial charge is 0.481 e. The van der Waals surface area contributed by atoms with E-state index in [1.54, 1.807) is 0 Å². The smallest absolute Gasteiger partial charge is 0.306 e. The highest BCUT2D eigenvalue weighted by molar-refractivity contribution is 5.70. The van der Waals surface area contributed by atoms with Gasteiger partial charge in [0.05, 0.1) is 10.8 Å². The van der Waals surface area contributed by atoms with Gasteiger partial charge in [0.15, 0.2) is 0 Å². The highest BCUT2D eigenvalue weighted by Crippen LogP contribution is 2.27. The second kappa shape index (κ2) is 6.17. The zero-order chi connectivity index (χ0) is 15.6. The first-order valence-electron chi connectivity index (χ1n) is 6.78. The number of hydrogen-bond acceptors (Lipinski definition) is 4. The molecule has 1 aromatic rings. The first-order valence-corrected chi connectivity index (χ1v) is 6.78. The maximum Gasteiger partial charge on any atom is 0.306 e. The molecule has 7 heteroatoms. The molecule has 1 aromatic carbocycles. The second-order valence-corrected chi connectivity index (χ2v) is 5.39. The van der Waals surface area contributed by atoms with E-state index in [9.17, 15) is 19.3 Å². The molecule has 0 aliphatic carbocycles. The van der Waals surface area contributed by atoms with Crippen LogP contribution in [0, 0.1) is 21.8 Å². The molecule has 1 fully saturated rings. The van der Waals surface area contributed by atoms with Crippen molar-refractivity contribution in [1.29, 1.82) is 0 Å². The van der Waals surface area contributed by atoms with E-state index < -0.39 is 22.4 Å². The highest BCUT2D eigenvalue weighted by Gasteiger charge is 2.30. The maximum atomic E-state index is 14.0. The van der Waals surface area contributed by atoms with Crippen LogP contribution in [-0.2, 0) is 11.3 Å². The summed E-state index contributed by atoms with van der Waals surface area (Å²) in [5.41, 5.74) is -0.259. The summed E-state index contributed by atoms with van der Waals surface area (Å²) in [5.74, 6) is -1.98. The van der Waals surface area contributed by atoms with E-state index in [0.29, 0.717) is 19.4 Å². The number of rotatable bonds is 4. The molecule has 1 aliphatic heterocycles. The molecule has 114 valence electrons. The fourth-order valence-electron chi connectivity index (χ4n) is 2.73. The van der Waals surface area contributed by atoms with Crippen molar-refractivity contribution in [3.8, 4) is 0 Å². The Balaban J connectivity index is 2.11. The van der Waals surface area contributed by atoms with E-state index in [0.717, 1.165) is 6.07 Å². The van der Waals surface area contributed by atoms with Crippen LogP contribution < -0.4 is 0 Å². The molecule has 1 N–H and O–H groups in total. The van der Waals surface area contributed by atoms with Crippen LogP contribution in [0.4, 0.5) is 10.1 Å². The Hall–Kier alpha value is -2.02. The maximum absolute atomic E-state index is 14.0. The molecule has 2 unspecified atom stereocenters. The van der Waals surface area contributed by atoms with Gasteiger partial charge in [-0.15, -0.1) is 0 Å². The van der Waals surface area contributed by atoms with Crippen LogP contribution >= 0.6 is 0 Å². The number of nitro groups is 1. The summed E-state index contributed by atoms with van der Waals surface area (Å²) < 4.78 is 14.0. The quantitative estimate of drug-likeness (QED) is 0.681. The predicted octanol–water partition coefficient (Wildman–Crippen LogP) is 2.42. The zero-order valence-corrected chi connectivity index (χ0v) is 11.7. The molecule has 0 bridgehead atoms. The van der Waals surface area contributed by atoms with E-state index in [1.165, 1.54) is 12.1 Å². The Morgan fingerprint density at radius 3 is 2.86 bits per heavy atom. The topological polar surface area (TPSA) is 83.7 Å². The van der Waals surface area contributed by atoms with Crippen molar-refractivity contribution in [1.82, 2.24) is 4.90 Å².